The Labute approximate surface area is 158 Å². The number of nitrogens with one attached hydrogen (secondary N) is 1. The predicted octanol–water partition coefficient (Wildman–Crippen LogP) is 0.0330. The third-order valence-corrected chi connectivity index (χ3v) is 7.08. The molecule has 0 radical (unpaired) electrons. The molecule has 0 heterocycles. The normalized spacial score (nSPS) is 13.9. The van der Waals surface area contributed by atoms with E-state index in [4.69, 9.17) is 0 Å². The molecule has 0 aliphatic carbocycles. The van der Waals surface area contributed by atoms with E-state index < -0.39 is 56.5 Å². The molecule has 0 aromatic heterocycles. The van der Waals surface area contributed by atoms with Crippen molar-refractivity contribution in [1.29, 1.82) is 0 Å². The van der Waals surface area contributed by atoms with Gasteiger partial charge in [0, 0.05) is 22.0 Å². The van der Waals surface area contributed by atoms with Gasteiger partial charge in [-0.25, -0.2) is 25.3 Å². The van der Waals surface area contributed by atoms with Gasteiger partial charge in [0.1, 0.15) is 20.2 Å². The number of benzene rings is 2. The molecule has 2 rings (SSSR count). The highest BCUT2D eigenvalue weighted by Gasteiger charge is 2.18. The van der Waals surface area contributed by atoms with Crippen LogP contribution < -0.4 is 4.72 Å². The summed E-state index contributed by atoms with van der Waals surface area (Å²) in [6.07, 6.45) is 1.33. The van der Waals surface area contributed by atoms with Gasteiger partial charge in [-0.1, -0.05) is 6.07 Å². The van der Waals surface area contributed by atoms with Crippen molar-refractivity contribution in [3.05, 3.63) is 42.5 Å². The highest BCUT2D eigenvalue weighted by Crippen LogP contribution is 2.25. The molecule has 0 bridgehead atoms. The second-order valence-corrected chi connectivity index (χ2v) is 11.0. The quantitative estimate of drug-likeness (QED) is 0.591. The van der Waals surface area contributed by atoms with E-state index in [1.807, 2.05) is 4.72 Å². The maximum Gasteiger partial charge on any atom is 0.261 e. The molecule has 1 atom stereocenters. The number of anilines is 1. The Balaban J connectivity index is 2.59. The zero-order valence-corrected chi connectivity index (χ0v) is 16.6. The van der Waals surface area contributed by atoms with Gasteiger partial charge in [0.25, 0.3) is 10.0 Å². The van der Waals surface area contributed by atoms with Crippen LogP contribution >= 0.6 is 0 Å². The average molecular weight is 453 g/mol. The van der Waals surface area contributed by atoms with Gasteiger partial charge < -0.3 is 9.11 Å². The van der Waals surface area contributed by atoms with Gasteiger partial charge in [-0.15, -0.1) is 0 Å². The van der Waals surface area contributed by atoms with Crippen molar-refractivity contribution in [2.45, 2.75) is 19.6 Å². The molecule has 0 amide bonds. The summed E-state index contributed by atoms with van der Waals surface area (Å²) < 4.78 is 105. The Kier molecular flexibility index (Phi) is 5.79. The van der Waals surface area contributed by atoms with E-state index in [1.54, 1.807) is 0 Å². The lowest BCUT2D eigenvalue weighted by atomic mass is 10.3. The fourth-order valence-electron chi connectivity index (χ4n) is 1.95. The van der Waals surface area contributed by atoms with Gasteiger partial charge in [0.2, 0.25) is 0 Å². The van der Waals surface area contributed by atoms with E-state index in [0.29, 0.717) is 18.2 Å². The molecule has 27 heavy (non-hydrogen) atoms. The first kappa shape index (κ1) is 21.5. The number of sulfonamides is 1. The van der Waals surface area contributed by atoms with Gasteiger partial charge in [0.15, 0.2) is 0 Å². The van der Waals surface area contributed by atoms with Gasteiger partial charge in [-0.2, -0.15) is 0 Å². The van der Waals surface area contributed by atoms with E-state index in [-0.39, 0.29) is 9.79 Å². The number of hydrogen-bond donors (Lipinski definition) is 1. The van der Waals surface area contributed by atoms with Gasteiger partial charge in [-0.05, 0) is 36.4 Å². The molecule has 0 saturated heterocycles. The average Bonchev–Trinajstić information content (AvgIpc) is 2.52. The first-order valence-electron chi connectivity index (χ1n) is 6.73. The van der Waals surface area contributed by atoms with Gasteiger partial charge >= 0.3 is 0 Å². The van der Waals surface area contributed by atoms with Crippen molar-refractivity contribution in [1.82, 2.24) is 0 Å². The lowest BCUT2D eigenvalue weighted by molar-refractivity contribution is 0.461. The maximum absolute atomic E-state index is 12.4. The SMILES string of the molecule is CS(=O)c1cccc(S(=O)(=O)Nc2cc(S(=O)(=O)[O-])cc(S(=O)(=O)[O-])c2)c1. The molecule has 14 heteroatoms. The Morgan fingerprint density at radius 3 is 1.78 bits per heavy atom. The zero-order valence-electron chi connectivity index (χ0n) is 13.3. The fraction of sp³-hybridized carbons (Fsp3) is 0.0769. The molecule has 0 aliphatic heterocycles. The minimum absolute atomic E-state index is 0.191. The maximum atomic E-state index is 12.4. The molecule has 2 aromatic rings. The predicted molar refractivity (Wildman–Crippen MR) is 92.0 cm³/mol. The topological polar surface area (TPSA) is 178 Å². The van der Waals surface area contributed by atoms with Crippen LogP contribution in [-0.2, 0) is 41.1 Å². The van der Waals surface area contributed by atoms with E-state index in [9.17, 15) is 38.6 Å². The summed E-state index contributed by atoms with van der Waals surface area (Å²) in [5.74, 6) is 0. The third-order valence-electron chi connectivity index (χ3n) is 3.16. The molecule has 148 valence electrons. The molecule has 10 nitrogen and oxygen atoms in total. The summed E-state index contributed by atoms with van der Waals surface area (Å²) in [7, 11) is -16.2. The monoisotopic (exact) mass is 453 g/mol. The summed E-state index contributed by atoms with van der Waals surface area (Å²) in [5.41, 5.74) is -0.621. The highest BCUT2D eigenvalue weighted by molar-refractivity contribution is 7.92. The first-order chi connectivity index (χ1) is 12.2. The fourth-order valence-corrected chi connectivity index (χ4v) is 4.84. The van der Waals surface area contributed by atoms with Crippen LogP contribution in [0.4, 0.5) is 5.69 Å². The smallest absolute Gasteiger partial charge is 0.261 e. The van der Waals surface area contributed by atoms with Crippen LogP contribution in [0.3, 0.4) is 0 Å². The molecule has 2 aromatic carbocycles. The number of hydrogen-bond acceptors (Lipinski definition) is 9. The van der Waals surface area contributed by atoms with Crippen molar-refractivity contribution in [2.75, 3.05) is 11.0 Å². The molecule has 0 spiro atoms. The molecule has 1 N–H and O–H groups in total. The van der Waals surface area contributed by atoms with E-state index in [0.717, 1.165) is 12.1 Å². The van der Waals surface area contributed by atoms with E-state index >= 15 is 0 Å². The minimum Gasteiger partial charge on any atom is -0.744 e. The van der Waals surface area contributed by atoms with Gasteiger partial charge in [-0.3, -0.25) is 8.93 Å². The Hall–Kier alpha value is -1.84. The van der Waals surface area contributed by atoms with Crippen LogP contribution in [0.2, 0.25) is 0 Å². The summed E-state index contributed by atoms with van der Waals surface area (Å²) in [6, 6.07) is 6.48. The number of rotatable bonds is 6. The van der Waals surface area contributed by atoms with E-state index in [2.05, 4.69) is 0 Å². The molecule has 1 unspecified atom stereocenters. The second-order valence-electron chi connectivity index (χ2n) is 5.14. The van der Waals surface area contributed by atoms with Gasteiger partial charge in [0.05, 0.1) is 20.4 Å². The summed E-state index contributed by atoms with van der Waals surface area (Å²) in [4.78, 5) is -2.35. The third kappa shape index (κ3) is 5.33. The Morgan fingerprint density at radius 2 is 1.33 bits per heavy atom. The summed E-state index contributed by atoms with van der Waals surface area (Å²) in [5, 5.41) is 0. The molecular formula is C13H11NO9S4-2. The molecule has 0 saturated carbocycles. The zero-order chi connectivity index (χ0) is 20.6. The summed E-state index contributed by atoms with van der Waals surface area (Å²) in [6.45, 7) is 0. The van der Waals surface area contributed by atoms with Crippen LogP contribution in [-0.4, -0.2) is 44.8 Å². The van der Waals surface area contributed by atoms with Crippen molar-refractivity contribution in [3.63, 3.8) is 0 Å². The van der Waals surface area contributed by atoms with Crippen molar-refractivity contribution in [2.24, 2.45) is 0 Å². The van der Waals surface area contributed by atoms with Crippen molar-refractivity contribution >= 4 is 46.7 Å². The lowest BCUT2D eigenvalue weighted by Gasteiger charge is -2.15. The first-order valence-corrected chi connectivity index (χ1v) is 12.6. The molecule has 0 fully saturated rings. The van der Waals surface area contributed by atoms with E-state index in [1.165, 1.54) is 18.4 Å². The Bertz CT molecular complexity index is 1180. The summed E-state index contributed by atoms with van der Waals surface area (Å²) >= 11 is 0. The largest absolute Gasteiger partial charge is 0.744 e. The molecule has 0 aliphatic rings. The second kappa shape index (κ2) is 7.29. The van der Waals surface area contributed by atoms with Crippen LogP contribution in [0.1, 0.15) is 0 Å². The lowest BCUT2D eigenvalue weighted by Crippen LogP contribution is -2.14. The standard InChI is InChI=1S/C13H13NO9S4/c1-24(15)10-3-2-4-11(7-10)25(16,17)14-9-5-12(26(18,19)20)8-13(6-9)27(21,22)23/h2-8,14H,1H3,(H,18,19,20)(H,21,22,23)/p-2. The highest BCUT2D eigenvalue weighted by atomic mass is 32.2. The molecular weight excluding hydrogens is 442 g/mol. The van der Waals surface area contributed by atoms with Crippen LogP contribution in [0.15, 0.2) is 62.0 Å². The van der Waals surface area contributed by atoms with Crippen molar-refractivity contribution in [3.8, 4) is 0 Å². The van der Waals surface area contributed by atoms with Crippen molar-refractivity contribution < 1.29 is 38.6 Å². The van der Waals surface area contributed by atoms with Crippen LogP contribution in [0.25, 0.3) is 0 Å². The van der Waals surface area contributed by atoms with Crippen LogP contribution in [0.5, 0.6) is 0 Å². The minimum atomic E-state index is -5.17. The Morgan fingerprint density at radius 1 is 0.815 bits per heavy atom. The van der Waals surface area contributed by atoms with Crippen LogP contribution in [0, 0.1) is 0 Å².